The molecule has 0 saturated carbocycles. The van der Waals surface area contributed by atoms with E-state index in [1.807, 2.05) is 0 Å². The Morgan fingerprint density at radius 1 is 1.22 bits per heavy atom. The maximum absolute atomic E-state index is 4.68. The van der Waals surface area contributed by atoms with Crippen LogP contribution in [0.15, 0.2) is 0 Å². The average molecular weight is 251 g/mol. The van der Waals surface area contributed by atoms with E-state index in [-0.39, 0.29) is 0 Å². The van der Waals surface area contributed by atoms with Gasteiger partial charge in [-0.05, 0) is 50.8 Å². The first-order chi connectivity index (χ1) is 8.45. The monoisotopic (exact) mass is 251 g/mol. The standard InChI is InChI=1S/C15H29N3/c1-7-16-9-12(4)8-15-13(5)17-18(14(15)6)10-11(2)3/h11-12,16H,7-10H2,1-6H3. The van der Waals surface area contributed by atoms with Gasteiger partial charge < -0.3 is 5.32 Å². The van der Waals surface area contributed by atoms with Crippen molar-refractivity contribution in [3.05, 3.63) is 17.0 Å². The zero-order valence-corrected chi connectivity index (χ0v) is 12.9. The molecule has 3 nitrogen and oxygen atoms in total. The summed E-state index contributed by atoms with van der Waals surface area (Å²) in [6.45, 7) is 16.4. The molecule has 0 aromatic carbocycles. The molecule has 0 bridgehead atoms. The smallest absolute Gasteiger partial charge is 0.0628 e. The van der Waals surface area contributed by atoms with Crippen molar-refractivity contribution in [3.63, 3.8) is 0 Å². The van der Waals surface area contributed by atoms with Crippen molar-refractivity contribution >= 4 is 0 Å². The third-order valence-corrected chi connectivity index (χ3v) is 3.36. The summed E-state index contributed by atoms with van der Waals surface area (Å²) in [6, 6.07) is 0. The van der Waals surface area contributed by atoms with Crippen LogP contribution in [0.25, 0.3) is 0 Å². The number of aromatic nitrogens is 2. The maximum atomic E-state index is 4.68. The van der Waals surface area contributed by atoms with Gasteiger partial charge in [0.25, 0.3) is 0 Å². The Hall–Kier alpha value is -0.830. The van der Waals surface area contributed by atoms with Crippen molar-refractivity contribution < 1.29 is 0 Å². The number of hydrogen-bond acceptors (Lipinski definition) is 2. The molecule has 3 heteroatoms. The van der Waals surface area contributed by atoms with Gasteiger partial charge in [-0.25, -0.2) is 0 Å². The highest BCUT2D eigenvalue weighted by Crippen LogP contribution is 2.18. The summed E-state index contributed by atoms with van der Waals surface area (Å²) >= 11 is 0. The minimum atomic E-state index is 0.648. The van der Waals surface area contributed by atoms with Gasteiger partial charge in [0.05, 0.1) is 5.69 Å². The Balaban J connectivity index is 2.73. The SMILES string of the molecule is CCNCC(C)Cc1c(C)nn(CC(C)C)c1C. The van der Waals surface area contributed by atoms with Crippen LogP contribution >= 0.6 is 0 Å². The molecule has 1 rings (SSSR count). The number of rotatable bonds is 7. The summed E-state index contributed by atoms with van der Waals surface area (Å²) in [6.07, 6.45) is 1.13. The fourth-order valence-electron chi connectivity index (χ4n) is 2.36. The van der Waals surface area contributed by atoms with Crippen LogP contribution in [-0.4, -0.2) is 22.9 Å². The second-order valence-corrected chi connectivity index (χ2v) is 5.84. The summed E-state index contributed by atoms with van der Waals surface area (Å²) in [5, 5.41) is 8.10. The van der Waals surface area contributed by atoms with Gasteiger partial charge in [0.1, 0.15) is 0 Å². The fraction of sp³-hybridized carbons (Fsp3) is 0.800. The van der Waals surface area contributed by atoms with E-state index >= 15 is 0 Å². The molecule has 0 saturated heterocycles. The number of aryl methyl sites for hydroxylation is 1. The number of nitrogens with zero attached hydrogens (tertiary/aromatic N) is 2. The second-order valence-electron chi connectivity index (χ2n) is 5.84. The van der Waals surface area contributed by atoms with Crippen LogP contribution in [0.2, 0.25) is 0 Å². The molecule has 0 spiro atoms. The van der Waals surface area contributed by atoms with E-state index in [4.69, 9.17) is 0 Å². The Labute approximate surface area is 112 Å². The Morgan fingerprint density at radius 3 is 2.44 bits per heavy atom. The molecule has 0 aliphatic rings. The van der Waals surface area contributed by atoms with Crippen molar-refractivity contribution in [1.29, 1.82) is 0 Å². The van der Waals surface area contributed by atoms with Crippen LogP contribution in [0.4, 0.5) is 0 Å². The van der Waals surface area contributed by atoms with Crippen LogP contribution < -0.4 is 5.32 Å². The highest BCUT2D eigenvalue weighted by Gasteiger charge is 2.14. The predicted molar refractivity (Wildman–Crippen MR) is 78.0 cm³/mol. The lowest BCUT2D eigenvalue weighted by Crippen LogP contribution is -2.22. The molecular weight excluding hydrogens is 222 g/mol. The average Bonchev–Trinajstić information content (AvgIpc) is 2.53. The molecule has 1 N–H and O–H groups in total. The molecule has 1 unspecified atom stereocenters. The van der Waals surface area contributed by atoms with Crippen molar-refractivity contribution in [2.24, 2.45) is 11.8 Å². The summed E-state index contributed by atoms with van der Waals surface area (Å²) in [5.41, 5.74) is 4.00. The summed E-state index contributed by atoms with van der Waals surface area (Å²) in [5.74, 6) is 1.31. The molecule has 18 heavy (non-hydrogen) atoms. The molecule has 0 aliphatic carbocycles. The van der Waals surface area contributed by atoms with Gasteiger partial charge in [0.2, 0.25) is 0 Å². The summed E-state index contributed by atoms with van der Waals surface area (Å²) in [4.78, 5) is 0. The zero-order chi connectivity index (χ0) is 13.7. The molecule has 1 aromatic heterocycles. The molecule has 0 aliphatic heterocycles. The molecule has 1 heterocycles. The second kappa shape index (κ2) is 6.93. The lowest BCUT2D eigenvalue weighted by atomic mass is 9.99. The van der Waals surface area contributed by atoms with Crippen LogP contribution in [0.3, 0.4) is 0 Å². The van der Waals surface area contributed by atoms with Gasteiger partial charge in [-0.15, -0.1) is 0 Å². The third-order valence-electron chi connectivity index (χ3n) is 3.36. The first-order valence-electron chi connectivity index (χ1n) is 7.19. The molecule has 1 aromatic rings. The molecular formula is C15H29N3. The van der Waals surface area contributed by atoms with Gasteiger partial charge in [-0.1, -0.05) is 27.7 Å². The molecule has 0 amide bonds. The summed E-state index contributed by atoms with van der Waals surface area (Å²) < 4.78 is 2.18. The van der Waals surface area contributed by atoms with Crippen molar-refractivity contribution in [2.45, 2.75) is 54.5 Å². The van der Waals surface area contributed by atoms with E-state index in [1.165, 1.54) is 17.0 Å². The van der Waals surface area contributed by atoms with Gasteiger partial charge in [0.15, 0.2) is 0 Å². The zero-order valence-electron chi connectivity index (χ0n) is 12.9. The topological polar surface area (TPSA) is 29.9 Å². The fourth-order valence-corrected chi connectivity index (χ4v) is 2.36. The highest BCUT2D eigenvalue weighted by atomic mass is 15.3. The van der Waals surface area contributed by atoms with Gasteiger partial charge in [-0.2, -0.15) is 5.10 Å². The largest absolute Gasteiger partial charge is 0.317 e. The number of nitrogens with one attached hydrogen (secondary N) is 1. The van der Waals surface area contributed by atoms with Crippen LogP contribution in [-0.2, 0) is 13.0 Å². The van der Waals surface area contributed by atoms with Crippen LogP contribution in [0, 0.1) is 25.7 Å². The third kappa shape index (κ3) is 4.13. The Kier molecular flexibility index (Phi) is 5.86. The normalized spacial score (nSPS) is 13.3. The van der Waals surface area contributed by atoms with E-state index in [9.17, 15) is 0 Å². The number of hydrogen-bond donors (Lipinski definition) is 1. The molecule has 104 valence electrons. The van der Waals surface area contributed by atoms with Crippen LogP contribution in [0.1, 0.15) is 44.6 Å². The Bertz CT molecular complexity index is 366. The van der Waals surface area contributed by atoms with E-state index < -0.39 is 0 Å². The predicted octanol–water partition coefficient (Wildman–Crippen LogP) is 2.94. The minimum Gasteiger partial charge on any atom is -0.317 e. The van der Waals surface area contributed by atoms with E-state index in [0.29, 0.717) is 11.8 Å². The van der Waals surface area contributed by atoms with Crippen molar-refractivity contribution in [1.82, 2.24) is 15.1 Å². The summed E-state index contributed by atoms with van der Waals surface area (Å²) in [7, 11) is 0. The van der Waals surface area contributed by atoms with E-state index in [2.05, 4.69) is 56.6 Å². The first-order valence-corrected chi connectivity index (χ1v) is 7.19. The molecule has 0 fully saturated rings. The van der Waals surface area contributed by atoms with Gasteiger partial charge in [-0.3, -0.25) is 4.68 Å². The van der Waals surface area contributed by atoms with Crippen LogP contribution in [0.5, 0.6) is 0 Å². The highest BCUT2D eigenvalue weighted by molar-refractivity contribution is 5.25. The maximum Gasteiger partial charge on any atom is 0.0628 e. The molecule has 1 atom stereocenters. The first kappa shape index (κ1) is 15.2. The van der Waals surface area contributed by atoms with Gasteiger partial charge in [0, 0.05) is 12.2 Å². The van der Waals surface area contributed by atoms with Crippen molar-refractivity contribution in [3.8, 4) is 0 Å². The Morgan fingerprint density at radius 2 is 1.89 bits per heavy atom. The minimum absolute atomic E-state index is 0.648. The molecule has 0 radical (unpaired) electrons. The lowest BCUT2D eigenvalue weighted by molar-refractivity contribution is 0.471. The van der Waals surface area contributed by atoms with E-state index in [0.717, 1.165) is 26.1 Å². The van der Waals surface area contributed by atoms with Crippen molar-refractivity contribution in [2.75, 3.05) is 13.1 Å². The lowest BCUT2D eigenvalue weighted by Gasteiger charge is -2.12. The van der Waals surface area contributed by atoms with E-state index in [1.54, 1.807) is 0 Å². The quantitative estimate of drug-likeness (QED) is 0.807. The van der Waals surface area contributed by atoms with Gasteiger partial charge >= 0.3 is 0 Å².